The Hall–Kier alpha value is 1.24. The van der Waals surface area contributed by atoms with Crippen LogP contribution in [0.2, 0.25) is 18.6 Å². The Morgan fingerprint density at radius 3 is 2.06 bits per heavy atom. The summed E-state index contributed by atoms with van der Waals surface area (Å²) in [4.78, 5) is 5.59. The van der Waals surface area contributed by atoms with Crippen LogP contribution in [-0.4, -0.2) is 24.3 Å². The fraction of sp³-hybridized carbons (Fsp3) is 0.889. The molecule has 3 saturated carbocycles. The van der Waals surface area contributed by atoms with Crippen LogP contribution >= 0.6 is 11.8 Å². The molecule has 8 unspecified atom stereocenters. The third-order valence-corrected chi connectivity index (χ3v) is 14.4. The summed E-state index contributed by atoms with van der Waals surface area (Å²) in [5, 5.41) is 1.95. The standard InChI is InChI=1S/C24H44NSSi.3CH3.Ti/c1-15(2)16-12-13-17-19(14-16)23(27(6,7)25-24(3,4)5)22-21(17)18-10-8-9-11-20(18)26-22;;;;/h15-23H,8-14H2,1-7H3;3*1H3;/q4*-1;+4. The van der Waals surface area contributed by atoms with E-state index in [1.54, 1.807) is 6.42 Å². The van der Waals surface area contributed by atoms with Gasteiger partial charge in [-0.05, 0) is 73.2 Å². The number of nitrogens with zero attached hydrogens (tertiary/aromatic N) is 1. The third kappa shape index (κ3) is 6.28. The molecular weight excluding hydrogens is 446 g/mol. The fourth-order valence-corrected chi connectivity index (χ4v) is 15.8. The van der Waals surface area contributed by atoms with Crippen LogP contribution in [-0.2, 0) is 21.7 Å². The monoisotopic (exact) mass is 499 g/mol. The molecule has 1 aliphatic heterocycles. The van der Waals surface area contributed by atoms with E-state index in [1.807, 2.05) is 0 Å². The van der Waals surface area contributed by atoms with E-state index in [1.165, 1.54) is 38.5 Å². The first-order valence-electron chi connectivity index (χ1n) is 12.0. The molecule has 0 amide bonds. The Bertz CT molecular complexity index is 546. The maximum absolute atomic E-state index is 5.59. The van der Waals surface area contributed by atoms with Crippen LogP contribution in [0.4, 0.5) is 0 Å². The topological polar surface area (TPSA) is 14.1 Å². The van der Waals surface area contributed by atoms with E-state index in [0.29, 0.717) is 0 Å². The van der Waals surface area contributed by atoms with Crippen LogP contribution in [0.5, 0.6) is 0 Å². The SMILES string of the molecule is CC(C)C1CCC2C(C1)C([Si](C)(C)[N-]C(C)(C)C)C1SC3CCCCC3C21.[CH3-].[CH3-].[CH3-].[Ti+4]. The second-order valence-corrected chi connectivity index (χ2v) is 17.9. The van der Waals surface area contributed by atoms with E-state index >= 15 is 0 Å². The average molecular weight is 500 g/mol. The van der Waals surface area contributed by atoms with Crippen LogP contribution in [0.3, 0.4) is 0 Å². The van der Waals surface area contributed by atoms with E-state index < -0.39 is 8.24 Å². The van der Waals surface area contributed by atoms with Crippen LogP contribution in [0.1, 0.15) is 79.6 Å². The van der Waals surface area contributed by atoms with Gasteiger partial charge in [0.25, 0.3) is 0 Å². The van der Waals surface area contributed by atoms with E-state index in [0.717, 1.165) is 51.5 Å². The van der Waals surface area contributed by atoms with E-state index in [-0.39, 0.29) is 49.5 Å². The predicted molar refractivity (Wildman–Crippen MR) is 143 cm³/mol. The van der Waals surface area contributed by atoms with Crippen LogP contribution in [0.15, 0.2) is 0 Å². The van der Waals surface area contributed by atoms with E-state index in [2.05, 4.69) is 59.5 Å². The molecule has 4 rings (SSSR count). The molecule has 4 heteroatoms. The summed E-state index contributed by atoms with van der Waals surface area (Å²) < 4.78 is 0. The van der Waals surface area contributed by atoms with Crippen molar-refractivity contribution in [1.82, 2.24) is 0 Å². The molecule has 31 heavy (non-hydrogen) atoms. The van der Waals surface area contributed by atoms with Gasteiger partial charge in [-0.2, -0.15) is 11.8 Å². The molecule has 0 N–H and O–H groups in total. The number of hydrogen-bond acceptors (Lipinski definition) is 1. The van der Waals surface area contributed by atoms with Gasteiger partial charge in [0.1, 0.15) is 0 Å². The van der Waals surface area contributed by atoms with E-state index in [9.17, 15) is 0 Å². The van der Waals surface area contributed by atoms with Gasteiger partial charge in [-0.25, -0.2) is 0 Å². The first kappa shape index (κ1) is 32.2. The molecule has 180 valence electrons. The van der Waals surface area contributed by atoms with Gasteiger partial charge in [-0.15, -0.1) is 5.54 Å². The number of hydrogen-bond donors (Lipinski definition) is 0. The van der Waals surface area contributed by atoms with Crippen molar-refractivity contribution in [3.8, 4) is 0 Å². The minimum Gasteiger partial charge on any atom is -0.660 e. The largest absolute Gasteiger partial charge is 4.00 e. The summed E-state index contributed by atoms with van der Waals surface area (Å²) in [7, 11) is -1.62. The summed E-state index contributed by atoms with van der Waals surface area (Å²) in [5.74, 6) is 5.97. The molecule has 0 aromatic carbocycles. The number of rotatable bonds is 3. The van der Waals surface area contributed by atoms with Crippen molar-refractivity contribution in [3.05, 3.63) is 27.3 Å². The zero-order valence-electron chi connectivity index (χ0n) is 22.5. The minimum atomic E-state index is -1.62. The molecular formula is C27H53NSSiTi. The molecule has 4 aliphatic rings. The van der Waals surface area contributed by atoms with Gasteiger partial charge >= 0.3 is 21.7 Å². The Morgan fingerprint density at radius 1 is 0.871 bits per heavy atom. The molecule has 0 bridgehead atoms. The normalized spacial score (nSPS) is 39.1. The van der Waals surface area contributed by atoms with Gasteiger partial charge in [-0.1, -0.05) is 68.8 Å². The minimum absolute atomic E-state index is 0. The van der Waals surface area contributed by atoms with Crippen LogP contribution in [0.25, 0.3) is 4.98 Å². The molecule has 3 aliphatic carbocycles. The van der Waals surface area contributed by atoms with Gasteiger partial charge in [0, 0.05) is 10.5 Å². The van der Waals surface area contributed by atoms with E-state index in [4.69, 9.17) is 4.98 Å². The summed E-state index contributed by atoms with van der Waals surface area (Å²) in [6, 6.07) is 0. The van der Waals surface area contributed by atoms with Gasteiger partial charge in [0.05, 0.1) is 0 Å². The van der Waals surface area contributed by atoms with Gasteiger partial charge in [0.15, 0.2) is 0 Å². The van der Waals surface area contributed by atoms with Crippen molar-refractivity contribution in [3.63, 3.8) is 0 Å². The molecule has 1 nitrogen and oxygen atoms in total. The summed E-state index contributed by atoms with van der Waals surface area (Å²) in [5.41, 5.74) is 1.06. The maximum atomic E-state index is 5.59. The van der Waals surface area contributed by atoms with Gasteiger partial charge in [0.2, 0.25) is 0 Å². The quantitative estimate of drug-likeness (QED) is 0.279. The summed E-state index contributed by atoms with van der Waals surface area (Å²) in [6.45, 7) is 17.2. The predicted octanol–water partition coefficient (Wildman–Crippen LogP) is 9.07. The molecule has 0 radical (unpaired) electrons. The van der Waals surface area contributed by atoms with Crippen LogP contribution < -0.4 is 0 Å². The number of thioether (sulfide) groups is 1. The Labute approximate surface area is 217 Å². The first-order chi connectivity index (χ1) is 12.6. The van der Waals surface area contributed by atoms with Crippen LogP contribution in [0, 0.1) is 57.8 Å². The van der Waals surface area contributed by atoms with Crippen molar-refractivity contribution in [2.45, 2.75) is 114 Å². The molecule has 0 aromatic rings. The third-order valence-electron chi connectivity index (χ3n) is 8.65. The summed E-state index contributed by atoms with van der Waals surface area (Å²) >= 11 is 2.48. The second-order valence-electron chi connectivity index (χ2n) is 12.3. The molecule has 1 heterocycles. The molecule has 8 atom stereocenters. The van der Waals surface area contributed by atoms with Crippen molar-refractivity contribution < 1.29 is 21.7 Å². The Balaban J connectivity index is 0.00000225. The van der Waals surface area contributed by atoms with Gasteiger partial charge < -0.3 is 27.3 Å². The summed E-state index contributed by atoms with van der Waals surface area (Å²) in [6.07, 6.45) is 10.6. The molecule has 0 aromatic heterocycles. The van der Waals surface area contributed by atoms with Gasteiger partial charge in [-0.3, -0.25) is 0 Å². The van der Waals surface area contributed by atoms with Crippen molar-refractivity contribution in [2.24, 2.45) is 35.5 Å². The van der Waals surface area contributed by atoms with Crippen molar-refractivity contribution >= 4 is 20.0 Å². The maximum Gasteiger partial charge on any atom is 4.00 e. The Morgan fingerprint density at radius 2 is 1.48 bits per heavy atom. The van der Waals surface area contributed by atoms with Crippen molar-refractivity contribution in [1.29, 1.82) is 0 Å². The number of fused-ring (bicyclic) bond motifs is 5. The molecule has 0 spiro atoms. The average Bonchev–Trinajstić information content (AvgIpc) is 3.05. The fourth-order valence-electron chi connectivity index (χ4n) is 8.02. The smallest absolute Gasteiger partial charge is 0.660 e. The zero-order valence-corrected chi connectivity index (χ0v) is 25.9. The second kappa shape index (κ2) is 11.8. The Kier molecular flexibility index (Phi) is 12.3. The molecule has 1 saturated heterocycles. The van der Waals surface area contributed by atoms with Crippen molar-refractivity contribution in [2.75, 3.05) is 0 Å². The first-order valence-corrected chi connectivity index (χ1v) is 15.9. The molecule has 4 fully saturated rings. The zero-order chi connectivity index (χ0) is 19.6.